The van der Waals surface area contributed by atoms with Gasteiger partial charge in [0.1, 0.15) is 6.33 Å². The van der Waals surface area contributed by atoms with Crippen molar-refractivity contribution in [3.63, 3.8) is 0 Å². The smallest absolute Gasteiger partial charge is 0.115 e. The van der Waals surface area contributed by atoms with E-state index in [1.807, 2.05) is 18.5 Å². The summed E-state index contributed by atoms with van der Waals surface area (Å²) in [5.74, 6) is 1.50. The maximum Gasteiger partial charge on any atom is 0.115 e. The summed E-state index contributed by atoms with van der Waals surface area (Å²) in [6.45, 7) is 13.4. The highest BCUT2D eigenvalue weighted by Crippen LogP contribution is 2.29. The Balaban J connectivity index is 0.000000212. The summed E-state index contributed by atoms with van der Waals surface area (Å²) >= 11 is 6.08. The second-order valence-corrected chi connectivity index (χ2v) is 8.96. The average molecular weight is 414 g/mol. The van der Waals surface area contributed by atoms with Gasteiger partial charge < -0.3 is 4.90 Å². The van der Waals surface area contributed by atoms with Crippen LogP contribution in [0.4, 0.5) is 0 Å². The first-order valence-corrected chi connectivity index (χ1v) is 11.1. The third-order valence-electron chi connectivity index (χ3n) is 6.12. The number of rotatable bonds is 5. The number of aromatic nitrogens is 2. The van der Waals surface area contributed by atoms with E-state index in [-0.39, 0.29) is 0 Å². The minimum atomic E-state index is 0.719. The van der Waals surface area contributed by atoms with E-state index in [2.05, 4.69) is 68.7 Å². The molecule has 0 bridgehead atoms. The first-order valence-electron chi connectivity index (χ1n) is 10.7. The van der Waals surface area contributed by atoms with Crippen LogP contribution in [0.2, 0.25) is 5.02 Å². The molecule has 1 aliphatic rings. The summed E-state index contributed by atoms with van der Waals surface area (Å²) < 4.78 is 0. The summed E-state index contributed by atoms with van der Waals surface area (Å²) in [6.07, 6.45) is 8.90. The quantitative estimate of drug-likeness (QED) is 0.563. The number of hydrogen-bond acceptors (Lipinski definition) is 3. The van der Waals surface area contributed by atoms with Gasteiger partial charge in [-0.05, 0) is 80.0 Å². The van der Waals surface area contributed by atoms with Crippen LogP contribution in [0, 0.1) is 18.8 Å². The molecule has 1 aliphatic heterocycles. The average Bonchev–Trinajstić information content (AvgIpc) is 2.72. The molecule has 1 aromatic heterocycles. The van der Waals surface area contributed by atoms with E-state index < -0.39 is 0 Å². The lowest BCUT2D eigenvalue weighted by Crippen LogP contribution is -2.27. The van der Waals surface area contributed by atoms with Crippen LogP contribution in [-0.2, 0) is 6.42 Å². The molecule has 0 saturated carbocycles. The van der Waals surface area contributed by atoms with Crippen molar-refractivity contribution in [1.29, 1.82) is 0 Å². The van der Waals surface area contributed by atoms with Gasteiger partial charge in [-0.15, -0.1) is 0 Å². The van der Waals surface area contributed by atoms with Crippen molar-refractivity contribution in [3.05, 3.63) is 64.2 Å². The Kier molecular flexibility index (Phi) is 9.32. The molecule has 0 fully saturated rings. The van der Waals surface area contributed by atoms with Crippen LogP contribution in [-0.4, -0.2) is 35.0 Å². The lowest BCUT2D eigenvalue weighted by atomic mass is 9.89. The zero-order valence-electron chi connectivity index (χ0n) is 18.9. The van der Waals surface area contributed by atoms with E-state index in [4.69, 9.17) is 11.6 Å². The van der Waals surface area contributed by atoms with E-state index in [1.54, 1.807) is 6.33 Å². The Morgan fingerprint density at radius 1 is 1.10 bits per heavy atom. The highest BCUT2D eigenvalue weighted by atomic mass is 35.5. The topological polar surface area (TPSA) is 29.0 Å². The molecule has 1 aromatic carbocycles. The molecule has 4 heteroatoms. The van der Waals surface area contributed by atoms with Gasteiger partial charge in [0.15, 0.2) is 0 Å². The van der Waals surface area contributed by atoms with E-state index in [0.29, 0.717) is 0 Å². The van der Waals surface area contributed by atoms with Gasteiger partial charge in [-0.25, -0.2) is 9.97 Å². The fourth-order valence-corrected chi connectivity index (χ4v) is 3.81. The summed E-state index contributed by atoms with van der Waals surface area (Å²) in [5, 5.41) is 0.828. The predicted octanol–water partition coefficient (Wildman–Crippen LogP) is 6.46. The van der Waals surface area contributed by atoms with Crippen molar-refractivity contribution in [2.45, 2.75) is 53.9 Å². The van der Waals surface area contributed by atoms with Crippen molar-refractivity contribution in [1.82, 2.24) is 14.9 Å². The van der Waals surface area contributed by atoms with Gasteiger partial charge in [0, 0.05) is 30.5 Å². The largest absolute Gasteiger partial charge is 0.302 e. The minimum Gasteiger partial charge on any atom is -0.302 e. The van der Waals surface area contributed by atoms with Crippen LogP contribution in [0.1, 0.15) is 57.2 Å². The Morgan fingerprint density at radius 3 is 2.45 bits per heavy atom. The van der Waals surface area contributed by atoms with Crippen LogP contribution in [0.15, 0.2) is 42.5 Å². The fourth-order valence-electron chi connectivity index (χ4n) is 3.64. The first kappa shape index (κ1) is 23.6. The third kappa shape index (κ3) is 7.24. The molecular weight excluding hydrogens is 378 g/mol. The standard InChI is InChI=1S/C14H18ClN.C11H18N2/c1-10-4-5-12(15)8-13(10)14-9-16(3)7-6-11(14)2;1-4-9(2)10(3)5-11-6-12-8-13-7-11/h4-5,8H,6-7,9H2,1-3H3;6-10H,4-5H2,1-3H3. The highest BCUT2D eigenvalue weighted by Gasteiger charge is 2.16. The van der Waals surface area contributed by atoms with Crippen LogP contribution in [0.5, 0.6) is 0 Å². The molecular formula is C25H36ClN3. The van der Waals surface area contributed by atoms with Gasteiger partial charge in [-0.1, -0.05) is 50.4 Å². The van der Waals surface area contributed by atoms with Crippen molar-refractivity contribution < 1.29 is 0 Å². The first-order chi connectivity index (χ1) is 13.8. The zero-order chi connectivity index (χ0) is 21.4. The van der Waals surface area contributed by atoms with Gasteiger partial charge in [0.25, 0.3) is 0 Å². The molecule has 3 rings (SSSR count). The van der Waals surface area contributed by atoms with Crippen molar-refractivity contribution >= 4 is 17.2 Å². The number of hydrogen-bond donors (Lipinski definition) is 0. The number of likely N-dealkylation sites (N-methyl/N-ethyl adjacent to an activating group) is 1. The number of halogens is 1. The van der Waals surface area contributed by atoms with Crippen molar-refractivity contribution in [2.24, 2.45) is 11.8 Å². The summed E-state index contributed by atoms with van der Waals surface area (Å²) in [7, 11) is 2.17. The zero-order valence-corrected chi connectivity index (χ0v) is 19.6. The van der Waals surface area contributed by atoms with Crippen molar-refractivity contribution in [3.8, 4) is 0 Å². The van der Waals surface area contributed by atoms with Crippen molar-refractivity contribution in [2.75, 3.05) is 20.1 Å². The minimum absolute atomic E-state index is 0.719. The second kappa shape index (κ2) is 11.5. The van der Waals surface area contributed by atoms with Crippen LogP contribution < -0.4 is 0 Å². The third-order valence-corrected chi connectivity index (χ3v) is 6.36. The Bertz CT molecular complexity index is 801. The maximum atomic E-state index is 6.08. The number of aryl methyl sites for hydroxylation is 1. The van der Waals surface area contributed by atoms with Gasteiger partial charge in [-0.2, -0.15) is 0 Å². The van der Waals surface area contributed by atoms with Gasteiger partial charge >= 0.3 is 0 Å². The monoisotopic (exact) mass is 413 g/mol. The van der Waals surface area contributed by atoms with Gasteiger partial charge in [0.2, 0.25) is 0 Å². The fraction of sp³-hybridized carbons (Fsp3) is 0.520. The van der Waals surface area contributed by atoms with Gasteiger partial charge in [0.05, 0.1) is 0 Å². The molecule has 0 radical (unpaired) electrons. The highest BCUT2D eigenvalue weighted by molar-refractivity contribution is 6.30. The lowest BCUT2D eigenvalue weighted by Gasteiger charge is -2.27. The molecule has 2 atom stereocenters. The normalized spacial score (nSPS) is 16.8. The molecule has 0 saturated heterocycles. The summed E-state index contributed by atoms with van der Waals surface area (Å²) in [4.78, 5) is 10.4. The lowest BCUT2D eigenvalue weighted by molar-refractivity contribution is 0.366. The van der Waals surface area contributed by atoms with E-state index >= 15 is 0 Å². The Hall–Kier alpha value is -1.71. The SMILES string of the molecule is CC1=C(c2cc(Cl)ccc2C)CN(C)CC1.CCC(C)C(C)Cc1cncnc1. The van der Waals surface area contributed by atoms with E-state index in [1.165, 1.54) is 34.3 Å². The molecule has 2 aromatic rings. The number of nitrogens with zero attached hydrogens (tertiary/aromatic N) is 3. The Labute approximate surface area is 182 Å². The summed E-state index contributed by atoms with van der Waals surface area (Å²) in [5.41, 5.74) is 6.83. The molecule has 0 spiro atoms. The predicted molar refractivity (Wildman–Crippen MR) is 125 cm³/mol. The molecule has 0 N–H and O–H groups in total. The van der Waals surface area contributed by atoms with E-state index in [9.17, 15) is 0 Å². The molecule has 0 amide bonds. The molecule has 29 heavy (non-hydrogen) atoms. The van der Waals surface area contributed by atoms with Crippen LogP contribution in [0.3, 0.4) is 0 Å². The maximum absolute atomic E-state index is 6.08. The summed E-state index contributed by atoms with van der Waals surface area (Å²) in [6, 6.07) is 6.16. The van der Waals surface area contributed by atoms with Crippen LogP contribution >= 0.6 is 11.6 Å². The van der Waals surface area contributed by atoms with E-state index in [0.717, 1.165) is 42.8 Å². The number of benzene rings is 1. The molecule has 158 valence electrons. The second-order valence-electron chi connectivity index (χ2n) is 8.52. The van der Waals surface area contributed by atoms with Gasteiger partial charge in [-0.3, -0.25) is 0 Å². The molecule has 0 aliphatic carbocycles. The molecule has 2 unspecified atom stereocenters. The molecule has 2 heterocycles. The molecule has 3 nitrogen and oxygen atoms in total. The Morgan fingerprint density at radius 2 is 1.79 bits per heavy atom. The van der Waals surface area contributed by atoms with Crippen LogP contribution in [0.25, 0.3) is 5.57 Å².